The molecule has 2 N–H and O–H groups in total. The highest BCUT2D eigenvalue weighted by Crippen LogP contribution is 2.38. The summed E-state index contributed by atoms with van der Waals surface area (Å²) in [6.07, 6.45) is 1.81. The number of anilines is 1. The van der Waals surface area contributed by atoms with Crippen LogP contribution in [0.1, 0.15) is 16.7 Å². The molecule has 3 aromatic carbocycles. The summed E-state index contributed by atoms with van der Waals surface area (Å²) in [5.41, 5.74) is 9.73. The van der Waals surface area contributed by atoms with Crippen molar-refractivity contribution in [3.63, 3.8) is 0 Å². The Hall–Kier alpha value is -3.36. The summed E-state index contributed by atoms with van der Waals surface area (Å²) in [7, 11) is 0. The molecule has 0 atom stereocenters. The van der Waals surface area contributed by atoms with Crippen LogP contribution in [0.25, 0.3) is 6.08 Å². The van der Waals surface area contributed by atoms with Crippen molar-refractivity contribution in [3.8, 4) is 5.75 Å². The summed E-state index contributed by atoms with van der Waals surface area (Å²) in [4.78, 5) is 31.4. The monoisotopic (exact) mass is 535 g/mol. The van der Waals surface area contributed by atoms with Gasteiger partial charge in [-0.3, -0.25) is 14.5 Å². The number of hydrogen-bond acceptors (Lipinski definition) is 5. The Morgan fingerprint density at radius 3 is 2.32 bits per heavy atom. The zero-order chi connectivity index (χ0) is 24.2. The molecule has 34 heavy (non-hydrogen) atoms. The van der Waals surface area contributed by atoms with Crippen LogP contribution < -0.4 is 15.4 Å². The topological polar surface area (TPSA) is 85.0 Å². The zero-order valence-electron chi connectivity index (χ0n) is 18.6. The fraction of sp³-hybridized carbons (Fsp3) is 0.115. The predicted molar refractivity (Wildman–Crippen MR) is 141 cm³/mol. The predicted octanol–water partition coefficient (Wildman–Crippen LogP) is 5.74. The molecule has 0 aromatic heterocycles. The highest BCUT2D eigenvalue weighted by molar-refractivity contribution is 9.10. The van der Waals surface area contributed by atoms with Gasteiger partial charge < -0.3 is 10.5 Å². The number of thioether (sulfide) groups is 1. The van der Waals surface area contributed by atoms with Crippen LogP contribution in [-0.2, 0) is 9.59 Å². The number of nitrogens with zero attached hydrogens (tertiary/aromatic N) is 2. The number of ether oxygens (including phenoxy) is 1. The Kier molecular flexibility index (Phi) is 7.19. The number of halogens is 1. The third kappa shape index (κ3) is 5.58. The Morgan fingerprint density at radius 2 is 1.71 bits per heavy atom. The molecule has 0 aliphatic carbocycles. The van der Waals surface area contributed by atoms with E-state index in [1.165, 1.54) is 11.8 Å². The molecular formula is C26H22BrN3O3S. The number of aliphatic imine (C=N–C) groups is 1. The maximum atomic E-state index is 13.4. The fourth-order valence-electron chi connectivity index (χ4n) is 3.22. The Balaban J connectivity index is 1.68. The summed E-state index contributed by atoms with van der Waals surface area (Å²) >= 11 is 4.77. The second-order valence-electron chi connectivity index (χ2n) is 7.76. The average Bonchev–Trinajstić information content (AvgIpc) is 3.10. The maximum Gasteiger partial charge on any atom is 0.271 e. The smallest absolute Gasteiger partial charge is 0.271 e. The number of nitrogens with two attached hydrogens (primary N) is 1. The number of hydrogen-bond donors (Lipinski definition) is 1. The number of carbonyl (C=O) groups excluding carboxylic acids is 2. The number of carbonyl (C=O) groups is 2. The molecule has 3 aromatic rings. The lowest BCUT2D eigenvalue weighted by Crippen LogP contribution is -2.28. The quantitative estimate of drug-likeness (QED) is 0.408. The first-order valence-corrected chi connectivity index (χ1v) is 12.1. The van der Waals surface area contributed by atoms with E-state index >= 15 is 0 Å². The first-order chi connectivity index (χ1) is 16.3. The lowest BCUT2D eigenvalue weighted by atomic mass is 10.2. The molecule has 2 amide bonds. The van der Waals surface area contributed by atoms with E-state index in [0.717, 1.165) is 28.1 Å². The molecule has 4 rings (SSSR count). The van der Waals surface area contributed by atoms with E-state index in [4.69, 9.17) is 15.5 Å². The van der Waals surface area contributed by atoms with Crippen molar-refractivity contribution in [2.24, 2.45) is 10.7 Å². The first kappa shape index (κ1) is 23.8. The van der Waals surface area contributed by atoms with Crippen LogP contribution in [0.15, 0.2) is 81.1 Å². The number of rotatable bonds is 6. The van der Waals surface area contributed by atoms with Crippen molar-refractivity contribution < 1.29 is 14.3 Å². The molecule has 1 aliphatic heterocycles. The van der Waals surface area contributed by atoms with E-state index in [-0.39, 0.29) is 12.5 Å². The van der Waals surface area contributed by atoms with Crippen LogP contribution in [0.3, 0.4) is 0 Å². The zero-order valence-corrected chi connectivity index (χ0v) is 21.0. The second kappa shape index (κ2) is 10.3. The van der Waals surface area contributed by atoms with Crippen molar-refractivity contribution in [2.45, 2.75) is 13.8 Å². The highest BCUT2D eigenvalue weighted by Gasteiger charge is 2.34. The number of primary amides is 1. The maximum absolute atomic E-state index is 13.4. The van der Waals surface area contributed by atoms with Gasteiger partial charge in [0.25, 0.3) is 11.8 Å². The van der Waals surface area contributed by atoms with Crippen molar-refractivity contribution >= 4 is 62.1 Å². The molecule has 0 spiro atoms. The summed E-state index contributed by atoms with van der Waals surface area (Å²) in [6, 6.07) is 21.0. The van der Waals surface area contributed by atoms with Gasteiger partial charge in [-0.25, -0.2) is 4.99 Å². The SMILES string of the molecule is Cc1ccc(N=C2S/C(=C\c3ccc(OCC(N)=O)c(Br)c3)C(=O)N2c2ccc(C)cc2)cc1. The first-order valence-electron chi connectivity index (χ1n) is 10.5. The van der Waals surface area contributed by atoms with Crippen LogP contribution in [0, 0.1) is 13.8 Å². The summed E-state index contributed by atoms with van der Waals surface area (Å²) in [6.45, 7) is 3.82. The minimum Gasteiger partial charge on any atom is -0.483 e. The summed E-state index contributed by atoms with van der Waals surface area (Å²) in [5, 5.41) is 0.587. The minimum atomic E-state index is -0.553. The van der Waals surface area contributed by atoms with Gasteiger partial charge in [0.1, 0.15) is 5.75 Å². The molecule has 1 saturated heterocycles. The molecule has 0 unspecified atom stereocenters. The van der Waals surface area contributed by atoms with Gasteiger partial charge in [-0.1, -0.05) is 41.5 Å². The molecule has 0 bridgehead atoms. The van der Waals surface area contributed by atoms with E-state index in [0.29, 0.717) is 20.3 Å². The molecule has 1 fully saturated rings. The molecule has 6 nitrogen and oxygen atoms in total. The molecule has 0 saturated carbocycles. The van der Waals surface area contributed by atoms with Gasteiger partial charge in [0.05, 0.1) is 20.8 Å². The molecule has 172 valence electrons. The third-order valence-corrected chi connectivity index (χ3v) is 6.57. The van der Waals surface area contributed by atoms with Crippen LogP contribution in [0.4, 0.5) is 11.4 Å². The van der Waals surface area contributed by atoms with Crippen LogP contribution in [0.2, 0.25) is 0 Å². The van der Waals surface area contributed by atoms with Crippen LogP contribution in [-0.4, -0.2) is 23.6 Å². The largest absolute Gasteiger partial charge is 0.483 e. The molecule has 1 heterocycles. The van der Waals surface area contributed by atoms with E-state index in [1.54, 1.807) is 11.0 Å². The number of benzene rings is 3. The van der Waals surface area contributed by atoms with E-state index in [1.807, 2.05) is 80.6 Å². The van der Waals surface area contributed by atoms with Crippen molar-refractivity contribution in [3.05, 3.63) is 92.8 Å². The van der Waals surface area contributed by atoms with Crippen LogP contribution >= 0.6 is 27.7 Å². The summed E-state index contributed by atoms with van der Waals surface area (Å²) in [5.74, 6) is -0.207. The van der Waals surface area contributed by atoms with Crippen molar-refractivity contribution in [1.29, 1.82) is 0 Å². The van der Waals surface area contributed by atoms with Gasteiger partial charge in [0, 0.05) is 0 Å². The molecule has 1 aliphatic rings. The minimum absolute atomic E-state index is 0.148. The Morgan fingerprint density at radius 1 is 1.06 bits per heavy atom. The van der Waals surface area contributed by atoms with Gasteiger partial charge >= 0.3 is 0 Å². The van der Waals surface area contributed by atoms with Gasteiger partial charge in [-0.2, -0.15) is 0 Å². The third-order valence-electron chi connectivity index (χ3n) is 4.98. The molecule has 8 heteroatoms. The van der Waals surface area contributed by atoms with Crippen LogP contribution in [0.5, 0.6) is 5.75 Å². The average molecular weight is 536 g/mol. The van der Waals surface area contributed by atoms with Crippen molar-refractivity contribution in [2.75, 3.05) is 11.5 Å². The van der Waals surface area contributed by atoms with Gasteiger partial charge in [-0.15, -0.1) is 0 Å². The fourth-order valence-corrected chi connectivity index (χ4v) is 4.74. The second-order valence-corrected chi connectivity index (χ2v) is 9.62. The summed E-state index contributed by atoms with van der Waals surface area (Å²) < 4.78 is 6.03. The molecular weight excluding hydrogens is 514 g/mol. The lowest BCUT2D eigenvalue weighted by molar-refractivity contribution is -0.120. The Labute approximate surface area is 210 Å². The normalized spacial score (nSPS) is 15.9. The van der Waals surface area contributed by atoms with Crippen molar-refractivity contribution in [1.82, 2.24) is 0 Å². The number of amides is 2. The number of aryl methyl sites for hydroxylation is 2. The van der Waals surface area contributed by atoms with Gasteiger partial charge in [0.2, 0.25) is 0 Å². The highest BCUT2D eigenvalue weighted by atomic mass is 79.9. The van der Waals surface area contributed by atoms with E-state index in [9.17, 15) is 9.59 Å². The van der Waals surface area contributed by atoms with Gasteiger partial charge in [0.15, 0.2) is 11.8 Å². The van der Waals surface area contributed by atoms with Gasteiger partial charge in [-0.05, 0) is 89.6 Å². The number of amidine groups is 1. The van der Waals surface area contributed by atoms with E-state index < -0.39 is 5.91 Å². The molecule has 0 radical (unpaired) electrons. The Bertz CT molecular complexity index is 1300. The lowest BCUT2D eigenvalue weighted by Gasteiger charge is -2.16. The van der Waals surface area contributed by atoms with E-state index in [2.05, 4.69) is 15.9 Å². The standard InChI is InChI=1S/C26H22BrN3O3S/c1-16-3-8-19(9-4-16)29-26-30(20-10-5-17(2)6-11-20)25(32)23(34-26)14-18-7-12-22(21(27)13-18)33-15-24(28)31/h3-14H,15H2,1-2H3,(H2,28,31)/b23-14-,29-26?.